The predicted octanol–water partition coefficient (Wildman–Crippen LogP) is 0.338. The van der Waals surface area contributed by atoms with Crippen LogP contribution in [0.25, 0.3) is 0 Å². The molecular weight excluding hydrogens is 196 g/mol. The number of carbonyl (C=O) groups is 1. The first-order valence-corrected chi connectivity index (χ1v) is 4.42. The van der Waals surface area contributed by atoms with E-state index < -0.39 is 0 Å². The van der Waals surface area contributed by atoms with Crippen molar-refractivity contribution in [3.8, 4) is 0 Å². The van der Waals surface area contributed by atoms with Crippen molar-refractivity contribution in [1.82, 2.24) is 20.3 Å². The van der Waals surface area contributed by atoms with Crippen LogP contribution < -0.4 is 5.32 Å². The maximum atomic E-state index is 11.5. The van der Waals surface area contributed by atoms with Gasteiger partial charge in [0.15, 0.2) is 5.69 Å². The monoisotopic (exact) mass is 206 g/mol. The van der Waals surface area contributed by atoms with Gasteiger partial charge in [0.25, 0.3) is 5.91 Å². The molecule has 2 aromatic rings. The standard InChI is InChI=1S/C9H10N4O2/c1-13-6-8(11-12-13)9(14)10-5-7-3-2-4-15-7/h2-4,6H,5H2,1H3,(H,10,14). The van der Waals surface area contributed by atoms with Gasteiger partial charge in [-0.15, -0.1) is 5.10 Å². The summed E-state index contributed by atoms with van der Waals surface area (Å²) in [6, 6.07) is 3.56. The molecule has 78 valence electrons. The maximum Gasteiger partial charge on any atom is 0.273 e. The van der Waals surface area contributed by atoms with Gasteiger partial charge in [-0.05, 0) is 12.1 Å². The third-order valence-corrected chi connectivity index (χ3v) is 1.84. The molecule has 15 heavy (non-hydrogen) atoms. The van der Waals surface area contributed by atoms with Gasteiger partial charge in [-0.3, -0.25) is 9.48 Å². The summed E-state index contributed by atoms with van der Waals surface area (Å²) < 4.78 is 6.54. The number of nitrogens with one attached hydrogen (secondary N) is 1. The Labute approximate surface area is 85.9 Å². The Morgan fingerprint density at radius 1 is 1.67 bits per heavy atom. The zero-order valence-corrected chi connectivity index (χ0v) is 8.17. The third kappa shape index (κ3) is 2.22. The molecule has 1 amide bonds. The average Bonchev–Trinajstić information content (AvgIpc) is 2.84. The number of nitrogens with zero attached hydrogens (tertiary/aromatic N) is 3. The summed E-state index contributed by atoms with van der Waals surface area (Å²) in [6.45, 7) is 0.350. The van der Waals surface area contributed by atoms with E-state index in [0.29, 0.717) is 18.0 Å². The van der Waals surface area contributed by atoms with Gasteiger partial charge in [0.1, 0.15) is 5.76 Å². The molecule has 0 saturated heterocycles. The zero-order chi connectivity index (χ0) is 10.7. The molecule has 2 heterocycles. The SMILES string of the molecule is Cn1cc(C(=O)NCc2ccco2)nn1. The van der Waals surface area contributed by atoms with Crippen molar-refractivity contribution < 1.29 is 9.21 Å². The minimum Gasteiger partial charge on any atom is -0.467 e. The second kappa shape index (κ2) is 3.95. The first-order chi connectivity index (χ1) is 7.25. The Morgan fingerprint density at radius 2 is 2.53 bits per heavy atom. The lowest BCUT2D eigenvalue weighted by molar-refractivity contribution is 0.0943. The quantitative estimate of drug-likeness (QED) is 0.785. The van der Waals surface area contributed by atoms with E-state index >= 15 is 0 Å². The van der Waals surface area contributed by atoms with Crippen LogP contribution in [0.5, 0.6) is 0 Å². The molecule has 0 saturated carbocycles. The Balaban J connectivity index is 1.93. The minimum absolute atomic E-state index is 0.264. The predicted molar refractivity (Wildman–Crippen MR) is 50.9 cm³/mol. The Hall–Kier alpha value is -2.11. The summed E-state index contributed by atoms with van der Waals surface area (Å²) in [5.41, 5.74) is 0.295. The van der Waals surface area contributed by atoms with E-state index in [9.17, 15) is 4.79 Å². The number of hydrogen-bond acceptors (Lipinski definition) is 4. The van der Waals surface area contributed by atoms with Gasteiger partial charge in [-0.2, -0.15) is 0 Å². The van der Waals surface area contributed by atoms with Crippen LogP contribution >= 0.6 is 0 Å². The van der Waals surface area contributed by atoms with E-state index in [1.165, 1.54) is 4.68 Å². The molecule has 0 aliphatic carbocycles. The van der Waals surface area contributed by atoms with Gasteiger partial charge < -0.3 is 9.73 Å². The molecule has 0 atom stereocenters. The highest BCUT2D eigenvalue weighted by Crippen LogP contribution is 1.99. The minimum atomic E-state index is -0.264. The molecule has 0 aromatic carbocycles. The van der Waals surface area contributed by atoms with Crippen molar-refractivity contribution in [2.24, 2.45) is 7.05 Å². The van der Waals surface area contributed by atoms with E-state index in [1.54, 1.807) is 31.6 Å². The van der Waals surface area contributed by atoms with Crippen LogP contribution in [0.4, 0.5) is 0 Å². The number of amides is 1. The summed E-state index contributed by atoms with van der Waals surface area (Å²) in [5.74, 6) is 0.437. The molecule has 2 aromatic heterocycles. The van der Waals surface area contributed by atoms with Crippen molar-refractivity contribution in [2.75, 3.05) is 0 Å². The fourth-order valence-electron chi connectivity index (χ4n) is 1.12. The van der Waals surface area contributed by atoms with Gasteiger partial charge >= 0.3 is 0 Å². The fraction of sp³-hybridized carbons (Fsp3) is 0.222. The largest absolute Gasteiger partial charge is 0.467 e. The molecular formula is C9H10N4O2. The molecule has 0 aliphatic heterocycles. The number of rotatable bonds is 3. The second-order valence-corrected chi connectivity index (χ2v) is 3.04. The van der Waals surface area contributed by atoms with Crippen LogP contribution in [-0.4, -0.2) is 20.9 Å². The molecule has 0 aliphatic rings. The van der Waals surface area contributed by atoms with Crippen LogP contribution in [-0.2, 0) is 13.6 Å². The van der Waals surface area contributed by atoms with Crippen LogP contribution in [0.1, 0.15) is 16.2 Å². The summed E-state index contributed by atoms with van der Waals surface area (Å²) in [7, 11) is 1.70. The average molecular weight is 206 g/mol. The lowest BCUT2D eigenvalue weighted by Crippen LogP contribution is -2.22. The molecule has 6 heteroatoms. The lowest BCUT2D eigenvalue weighted by atomic mass is 10.4. The molecule has 0 spiro atoms. The van der Waals surface area contributed by atoms with Crippen molar-refractivity contribution in [1.29, 1.82) is 0 Å². The highest BCUT2D eigenvalue weighted by molar-refractivity contribution is 5.91. The summed E-state index contributed by atoms with van der Waals surface area (Å²) in [6.07, 6.45) is 3.11. The van der Waals surface area contributed by atoms with Crippen LogP contribution in [0.2, 0.25) is 0 Å². The van der Waals surface area contributed by atoms with E-state index in [0.717, 1.165) is 0 Å². The first-order valence-electron chi connectivity index (χ1n) is 4.42. The van der Waals surface area contributed by atoms with Crippen molar-refractivity contribution in [2.45, 2.75) is 6.54 Å². The van der Waals surface area contributed by atoms with Crippen molar-refractivity contribution in [3.05, 3.63) is 36.0 Å². The summed E-state index contributed by atoms with van der Waals surface area (Å²) in [5, 5.41) is 10.0. The highest BCUT2D eigenvalue weighted by Gasteiger charge is 2.09. The highest BCUT2D eigenvalue weighted by atomic mass is 16.3. The number of carbonyl (C=O) groups excluding carboxylic acids is 1. The van der Waals surface area contributed by atoms with E-state index in [1.807, 2.05) is 0 Å². The zero-order valence-electron chi connectivity index (χ0n) is 8.17. The number of aromatic nitrogens is 3. The molecule has 6 nitrogen and oxygen atoms in total. The molecule has 0 fully saturated rings. The number of furan rings is 1. The fourth-order valence-corrected chi connectivity index (χ4v) is 1.12. The van der Waals surface area contributed by atoms with Gasteiger partial charge in [0, 0.05) is 7.05 Å². The number of aryl methyl sites for hydroxylation is 1. The molecule has 2 rings (SSSR count). The second-order valence-electron chi connectivity index (χ2n) is 3.04. The Bertz CT molecular complexity index is 446. The maximum absolute atomic E-state index is 11.5. The van der Waals surface area contributed by atoms with Crippen LogP contribution in [0.15, 0.2) is 29.0 Å². The van der Waals surface area contributed by atoms with Crippen molar-refractivity contribution in [3.63, 3.8) is 0 Å². The first kappa shape index (κ1) is 9.45. The smallest absolute Gasteiger partial charge is 0.273 e. The van der Waals surface area contributed by atoms with Gasteiger partial charge in [-0.25, -0.2) is 0 Å². The van der Waals surface area contributed by atoms with E-state index in [2.05, 4.69) is 15.6 Å². The van der Waals surface area contributed by atoms with Gasteiger partial charge in [0.05, 0.1) is 19.0 Å². The van der Waals surface area contributed by atoms with E-state index in [4.69, 9.17) is 4.42 Å². The van der Waals surface area contributed by atoms with Crippen LogP contribution in [0, 0.1) is 0 Å². The molecule has 0 radical (unpaired) electrons. The van der Waals surface area contributed by atoms with Crippen molar-refractivity contribution >= 4 is 5.91 Å². The van der Waals surface area contributed by atoms with Crippen LogP contribution in [0.3, 0.4) is 0 Å². The molecule has 0 unspecified atom stereocenters. The molecule has 1 N–H and O–H groups in total. The Morgan fingerprint density at radius 3 is 3.13 bits per heavy atom. The summed E-state index contributed by atoms with van der Waals surface area (Å²) in [4.78, 5) is 11.5. The van der Waals surface area contributed by atoms with Gasteiger partial charge in [-0.1, -0.05) is 5.21 Å². The lowest BCUT2D eigenvalue weighted by Gasteiger charge is -1.98. The van der Waals surface area contributed by atoms with E-state index in [-0.39, 0.29) is 5.91 Å². The molecule has 0 bridgehead atoms. The topological polar surface area (TPSA) is 73.0 Å². The Kier molecular flexibility index (Phi) is 2.49. The normalized spacial score (nSPS) is 10.2. The number of hydrogen-bond donors (Lipinski definition) is 1. The summed E-state index contributed by atoms with van der Waals surface area (Å²) >= 11 is 0. The third-order valence-electron chi connectivity index (χ3n) is 1.84. The van der Waals surface area contributed by atoms with Gasteiger partial charge in [0.2, 0.25) is 0 Å².